The first-order chi connectivity index (χ1) is 16.7. The molecule has 174 valence electrons. The van der Waals surface area contributed by atoms with Gasteiger partial charge in [0, 0.05) is 29.7 Å². The van der Waals surface area contributed by atoms with Gasteiger partial charge in [0.25, 0.3) is 5.91 Å². The molecule has 2 aromatic heterocycles. The Hall–Kier alpha value is -3.45. The van der Waals surface area contributed by atoms with E-state index in [2.05, 4.69) is 39.4 Å². The Labute approximate surface area is 199 Å². The summed E-state index contributed by atoms with van der Waals surface area (Å²) < 4.78 is 1.92. The lowest BCUT2D eigenvalue weighted by Crippen LogP contribution is -2.56. The van der Waals surface area contributed by atoms with Gasteiger partial charge in [0.1, 0.15) is 0 Å². The Kier molecular flexibility index (Phi) is 5.41. The highest BCUT2D eigenvalue weighted by Gasteiger charge is 2.41. The van der Waals surface area contributed by atoms with Crippen LogP contribution < -0.4 is 4.90 Å². The predicted octanol–water partition coefficient (Wildman–Crippen LogP) is 4.47. The summed E-state index contributed by atoms with van der Waals surface area (Å²) in [6, 6.07) is 19.3. The van der Waals surface area contributed by atoms with Crippen LogP contribution in [0.15, 0.2) is 67.0 Å². The number of anilines is 1. The van der Waals surface area contributed by atoms with Crippen LogP contribution in [0.1, 0.15) is 48.2 Å². The summed E-state index contributed by atoms with van der Waals surface area (Å²) in [6.07, 6.45) is 9.47. The molecule has 2 fully saturated rings. The minimum absolute atomic E-state index is 0.0515. The Morgan fingerprint density at radius 3 is 2.59 bits per heavy atom. The number of rotatable bonds is 5. The van der Waals surface area contributed by atoms with Gasteiger partial charge < -0.3 is 9.80 Å². The van der Waals surface area contributed by atoms with Crippen molar-refractivity contribution in [3.05, 3.63) is 78.2 Å². The summed E-state index contributed by atoms with van der Waals surface area (Å²) in [5.41, 5.74) is 3.39. The number of nitrogens with zero attached hydrogens (tertiary/aromatic N) is 5. The highest BCUT2D eigenvalue weighted by atomic mass is 16.2. The van der Waals surface area contributed by atoms with Crippen molar-refractivity contribution in [2.24, 2.45) is 0 Å². The first-order valence-corrected chi connectivity index (χ1v) is 12.2. The van der Waals surface area contributed by atoms with Crippen molar-refractivity contribution in [2.45, 2.75) is 56.8 Å². The molecule has 1 N–H and O–H groups in total. The second kappa shape index (κ2) is 8.72. The minimum Gasteiger partial charge on any atom is -0.301 e. The molecule has 4 heterocycles. The molecule has 2 aromatic carbocycles. The largest absolute Gasteiger partial charge is 0.301 e. The first-order valence-electron chi connectivity index (χ1n) is 12.2. The van der Waals surface area contributed by atoms with Crippen molar-refractivity contribution in [2.75, 3.05) is 11.9 Å². The van der Waals surface area contributed by atoms with E-state index >= 15 is 0 Å². The molecule has 0 saturated carbocycles. The lowest BCUT2D eigenvalue weighted by atomic mass is 9.81. The Bertz CT molecular complexity index is 1280. The monoisotopic (exact) mass is 454 g/mol. The number of para-hydroxylation sites is 1. The van der Waals surface area contributed by atoms with Crippen LogP contribution in [-0.2, 0) is 6.54 Å². The number of amides is 1. The molecule has 0 radical (unpaired) electrons. The zero-order valence-corrected chi connectivity index (χ0v) is 19.5. The van der Waals surface area contributed by atoms with Crippen LogP contribution in [0.3, 0.4) is 0 Å². The first kappa shape index (κ1) is 21.1. The third-order valence-electron chi connectivity index (χ3n) is 7.66. The summed E-state index contributed by atoms with van der Waals surface area (Å²) in [7, 11) is 2.25. The molecule has 3 atom stereocenters. The summed E-state index contributed by atoms with van der Waals surface area (Å²) in [5, 5.41) is 13.0. The number of fused-ring (bicyclic) bond motifs is 3. The zero-order valence-electron chi connectivity index (χ0n) is 19.5. The number of piperidine rings is 2. The number of carbonyl (C=O) groups excluding carboxylic acids is 1. The maximum atomic E-state index is 14.1. The molecule has 0 aliphatic carbocycles. The molecular formula is C27H30N6O. The van der Waals surface area contributed by atoms with Crippen molar-refractivity contribution >= 4 is 22.5 Å². The van der Waals surface area contributed by atoms with Gasteiger partial charge in [-0.2, -0.15) is 10.2 Å². The van der Waals surface area contributed by atoms with Gasteiger partial charge in [0.2, 0.25) is 0 Å². The van der Waals surface area contributed by atoms with Gasteiger partial charge in [0.15, 0.2) is 5.69 Å². The van der Waals surface area contributed by atoms with Crippen molar-refractivity contribution in [3.63, 3.8) is 0 Å². The minimum atomic E-state index is -0.0515. The van der Waals surface area contributed by atoms with Crippen LogP contribution in [0.4, 0.5) is 5.69 Å². The lowest BCUT2D eigenvalue weighted by Gasteiger charge is -2.49. The third-order valence-corrected chi connectivity index (χ3v) is 7.66. The fourth-order valence-electron chi connectivity index (χ4n) is 5.87. The summed E-state index contributed by atoms with van der Waals surface area (Å²) >= 11 is 0. The molecule has 2 aliphatic rings. The molecule has 6 rings (SSSR count). The SMILES string of the molecule is CN1C2CCC[C@H]1CC(N(C(=O)c1n[nH]c3ccccc13)c1cnn(Cc3ccccc3)c1)C2. The van der Waals surface area contributed by atoms with Crippen LogP contribution in [0, 0.1) is 0 Å². The van der Waals surface area contributed by atoms with E-state index in [1.54, 1.807) is 0 Å². The van der Waals surface area contributed by atoms with Gasteiger partial charge in [-0.25, -0.2) is 0 Å². The molecule has 34 heavy (non-hydrogen) atoms. The molecular weight excluding hydrogens is 424 g/mol. The highest BCUT2D eigenvalue weighted by Crippen LogP contribution is 2.37. The number of carbonyl (C=O) groups is 1. The van der Waals surface area contributed by atoms with E-state index < -0.39 is 0 Å². The maximum absolute atomic E-state index is 14.1. The second-order valence-electron chi connectivity index (χ2n) is 9.70. The third kappa shape index (κ3) is 3.80. The molecule has 7 heteroatoms. The van der Waals surface area contributed by atoms with Crippen LogP contribution >= 0.6 is 0 Å². The van der Waals surface area contributed by atoms with Gasteiger partial charge in [-0.1, -0.05) is 55.0 Å². The predicted molar refractivity (Wildman–Crippen MR) is 133 cm³/mol. The standard InChI is InChI=1S/C27H30N6O/c1-31-20-10-7-11-21(31)15-22(14-20)33(27(34)26-24-12-5-6-13-25(24)29-30-26)23-16-28-32(18-23)17-19-8-3-2-4-9-19/h2-6,8-9,12-13,16,18,20-22H,7,10-11,14-15,17H2,1H3,(H,29,30)/t20-,21?,22?/m0/s1. The van der Waals surface area contributed by atoms with Gasteiger partial charge in [-0.3, -0.25) is 14.6 Å². The van der Waals surface area contributed by atoms with Crippen molar-refractivity contribution in [3.8, 4) is 0 Å². The average Bonchev–Trinajstić information content (AvgIpc) is 3.47. The van der Waals surface area contributed by atoms with E-state index in [9.17, 15) is 4.79 Å². The van der Waals surface area contributed by atoms with Crippen LogP contribution in [0.25, 0.3) is 10.9 Å². The smallest absolute Gasteiger partial charge is 0.279 e. The Morgan fingerprint density at radius 2 is 1.79 bits per heavy atom. The highest BCUT2D eigenvalue weighted by molar-refractivity contribution is 6.12. The molecule has 2 aliphatic heterocycles. The number of aromatic amines is 1. The van der Waals surface area contributed by atoms with E-state index in [0.29, 0.717) is 24.3 Å². The second-order valence-corrected chi connectivity index (χ2v) is 9.70. The number of hydrogen-bond acceptors (Lipinski definition) is 4. The number of H-pyrrole nitrogens is 1. The van der Waals surface area contributed by atoms with Gasteiger partial charge in [-0.05, 0) is 44.4 Å². The van der Waals surface area contributed by atoms with E-state index in [1.807, 2.05) is 64.4 Å². The van der Waals surface area contributed by atoms with Gasteiger partial charge >= 0.3 is 0 Å². The van der Waals surface area contributed by atoms with Crippen molar-refractivity contribution in [1.29, 1.82) is 0 Å². The molecule has 2 unspecified atom stereocenters. The number of aromatic nitrogens is 4. The topological polar surface area (TPSA) is 70.1 Å². The Morgan fingerprint density at radius 1 is 1.06 bits per heavy atom. The van der Waals surface area contributed by atoms with E-state index in [-0.39, 0.29) is 11.9 Å². The molecule has 7 nitrogen and oxygen atoms in total. The van der Waals surface area contributed by atoms with Crippen LogP contribution in [-0.4, -0.2) is 56.0 Å². The fourth-order valence-corrected chi connectivity index (χ4v) is 5.87. The normalized spacial score (nSPS) is 22.7. The summed E-state index contributed by atoms with van der Waals surface area (Å²) in [6.45, 7) is 0.673. The molecule has 0 spiro atoms. The number of nitrogens with one attached hydrogen (secondary N) is 1. The maximum Gasteiger partial charge on any atom is 0.279 e. The average molecular weight is 455 g/mol. The lowest BCUT2D eigenvalue weighted by molar-refractivity contribution is 0.0528. The summed E-state index contributed by atoms with van der Waals surface area (Å²) in [5.74, 6) is -0.0515. The number of benzene rings is 2. The van der Waals surface area contributed by atoms with Crippen molar-refractivity contribution < 1.29 is 4.79 Å². The van der Waals surface area contributed by atoms with E-state index in [0.717, 1.165) is 29.4 Å². The van der Waals surface area contributed by atoms with Crippen molar-refractivity contribution in [1.82, 2.24) is 24.9 Å². The summed E-state index contributed by atoms with van der Waals surface area (Å²) in [4.78, 5) is 18.6. The number of hydrogen-bond donors (Lipinski definition) is 1. The van der Waals surface area contributed by atoms with E-state index in [1.165, 1.54) is 24.8 Å². The fraction of sp³-hybridized carbons (Fsp3) is 0.370. The van der Waals surface area contributed by atoms with Gasteiger partial charge in [-0.15, -0.1) is 0 Å². The quantitative estimate of drug-likeness (QED) is 0.483. The Balaban J connectivity index is 1.36. The van der Waals surface area contributed by atoms with E-state index in [4.69, 9.17) is 0 Å². The van der Waals surface area contributed by atoms with Crippen LogP contribution in [0.5, 0.6) is 0 Å². The molecule has 2 saturated heterocycles. The zero-order chi connectivity index (χ0) is 23.1. The van der Waals surface area contributed by atoms with Crippen LogP contribution in [0.2, 0.25) is 0 Å². The molecule has 4 aromatic rings. The molecule has 2 bridgehead atoms. The van der Waals surface area contributed by atoms with Gasteiger partial charge in [0.05, 0.1) is 23.9 Å². The molecule has 1 amide bonds.